The van der Waals surface area contributed by atoms with Crippen LogP contribution in [0.1, 0.15) is 25.3 Å². The van der Waals surface area contributed by atoms with Crippen molar-refractivity contribution in [3.05, 3.63) is 41.0 Å². The summed E-state index contributed by atoms with van der Waals surface area (Å²) in [7, 11) is 0. The van der Waals surface area contributed by atoms with Crippen LogP contribution in [0.15, 0.2) is 30.5 Å². The summed E-state index contributed by atoms with van der Waals surface area (Å²) in [5, 5.41) is 8.61. The Labute approximate surface area is 118 Å². The van der Waals surface area contributed by atoms with Gasteiger partial charge in [0.15, 0.2) is 0 Å². The lowest BCUT2D eigenvalue weighted by Gasteiger charge is -2.09. The van der Waals surface area contributed by atoms with Crippen molar-refractivity contribution in [2.75, 3.05) is 0 Å². The molecule has 1 aromatic heterocycles. The summed E-state index contributed by atoms with van der Waals surface area (Å²) in [5.41, 5.74) is 3.41. The quantitative estimate of drug-likeness (QED) is 0.905. The molecule has 0 spiro atoms. The molecule has 0 bridgehead atoms. The Morgan fingerprint density at radius 3 is 2.89 bits per heavy atom. The molecule has 2 aromatic rings. The highest BCUT2D eigenvalue weighted by molar-refractivity contribution is 6.31. The maximum atomic E-state index is 6.38. The van der Waals surface area contributed by atoms with Gasteiger partial charge < -0.3 is 5.32 Å². The molecular weight excluding hydrogens is 258 g/mol. The van der Waals surface area contributed by atoms with Gasteiger partial charge in [-0.1, -0.05) is 23.7 Å². The second kappa shape index (κ2) is 5.35. The van der Waals surface area contributed by atoms with E-state index in [9.17, 15) is 0 Å². The van der Waals surface area contributed by atoms with Crippen LogP contribution in [0, 0.1) is 0 Å². The first-order valence-corrected chi connectivity index (χ1v) is 7.19. The van der Waals surface area contributed by atoms with E-state index in [0.29, 0.717) is 6.04 Å². The zero-order valence-electron chi connectivity index (χ0n) is 11.1. The molecule has 1 N–H and O–H groups in total. The summed E-state index contributed by atoms with van der Waals surface area (Å²) in [4.78, 5) is 0. The van der Waals surface area contributed by atoms with Gasteiger partial charge in [-0.15, -0.1) is 0 Å². The average molecular weight is 276 g/mol. The van der Waals surface area contributed by atoms with Crippen molar-refractivity contribution in [1.82, 2.24) is 15.1 Å². The number of hydrogen-bond acceptors (Lipinski definition) is 2. The summed E-state index contributed by atoms with van der Waals surface area (Å²) in [6, 6.07) is 9.00. The van der Waals surface area contributed by atoms with Gasteiger partial charge in [0.2, 0.25) is 0 Å². The summed E-state index contributed by atoms with van der Waals surface area (Å²) >= 11 is 6.38. The minimum Gasteiger partial charge on any atom is -0.310 e. The van der Waals surface area contributed by atoms with Crippen molar-refractivity contribution in [2.24, 2.45) is 0 Å². The van der Waals surface area contributed by atoms with Crippen LogP contribution in [0.25, 0.3) is 11.3 Å². The largest absolute Gasteiger partial charge is 0.310 e. The highest BCUT2D eigenvalue weighted by Gasteiger charge is 2.20. The average Bonchev–Trinajstić information content (AvgIpc) is 3.12. The van der Waals surface area contributed by atoms with Crippen molar-refractivity contribution < 1.29 is 0 Å². The van der Waals surface area contributed by atoms with Crippen LogP contribution >= 0.6 is 11.6 Å². The molecule has 0 unspecified atom stereocenters. The van der Waals surface area contributed by atoms with Crippen molar-refractivity contribution in [3.8, 4) is 11.3 Å². The van der Waals surface area contributed by atoms with Crippen LogP contribution in [0.2, 0.25) is 5.02 Å². The van der Waals surface area contributed by atoms with Crippen LogP contribution in [-0.2, 0) is 13.1 Å². The maximum Gasteiger partial charge on any atom is 0.0682 e. The van der Waals surface area contributed by atoms with E-state index in [4.69, 9.17) is 11.6 Å². The summed E-state index contributed by atoms with van der Waals surface area (Å²) in [5.74, 6) is 0. The van der Waals surface area contributed by atoms with Crippen LogP contribution in [0.4, 0.5) is 0 Å². The molecule has 3 nitrogen and oxygen atoms in total. The number of aryl methyl sites for hydroxylation is 1. The molecule has 19 heavy (non-hydrogen) atoms. The van der Waals surface area contributed by atoms with Gasteiger partial charge in [0, 0.05) is 35.9 Å². The van der Waals surface area contributed by atoms with E-state index in [1.165, 1.54) is 18.4 Å². The molecule has 1 fully saturated rings. The van der Waals surface area contributed by atoms with Gasteiger partial charge in [-0.2, -0.15) is 5.10 Å². The fourth-order valence-corrected chi connectivity index (χ4v) is 2.47. The number of nitrogens with zero attached hydrogens (tertiary/aromatic N) is 2. The first-order chi connectivity index (χ1) is 9.28. The zero-order valence-corrected chi connectivity index (χ0v) is 11.8. The van der Waals surface area contributed by atoms with Gasteiger partial charge in [-0.05, 0) is 37.5 Å². The number of benzene rings is 1. The first-order valence-electron chi connectivity index (χ1n) is 6.82. The van der Waals surface area contributed by atoms with E-state index in [0.717, 1.165) is 29.4 Å². The highest BCUT2D eigenvalue weighted by Crippen LogP contribution is 2.26. The Morgan fingerprint density at radius 2 is 2.21 bits per heavy atom. The van der Waals surface area contributed by atoms with E-state index in [1.807, 2.05) is 23.0 Å². The monoisotopic (exact) mass is 275 g/mol. The molecule has 0 aliphatic heterocycles. The molecule has 4 heteroatoms. The molecular formula is C15H18ClN3. The van der Waals surface area contributed by atoms with Crippen molar-refractivity contribution in [2.45, 2.75) is 38.9 Å². The van der Waals surface area contributed by atoms with Gasteiger partial charge in [0.25, 0.3) is 0 Å². The number of hydrogen-bond donors (Lipinski definition) is 1. The molecule has 0 saturated heterocycles. The number of aromatic nitrogens is 2. The van der Waals surface area contributed by atoms with E-state index < -0.39 is 0 Å². The van der Waals surface area contributed by atoms with Crippen LogP contribution in [-0.4, -0.2) is 15.8 Å². The molecule has 0 radical (unpaired) electrons. The third-order valence-corrected chi connectivity index (χ3v) is 3.88. The number of halogens is 1. The Hall–Kier alpha value is -1.32. The zero-order chi connectivity index (χ0) is 13.2. The SMILES string of the molecule is CCn1nccc1-c1ccc(CNC2CC2)c(Cl)c1. The molecule has 1 heterocycles. The molecule has 1 aromatic carbocycles. The second-order valence-electron chi connectivity index (χ2n) is 4.99. The first kappa shape index (κ1) is 12.7. The normalized spacial score (nSPS) is 14.8. The van der Waals surface area contributed by atoms with Gasteiger partial charge >= 0.3 is 0 Å². The maximum absolute atomic E-state index is 6.38. The Morgan fingerprint density at radius 1 is 1.37 bits per heavy atom. The third-order valence-electron chi connectivity index (χ3n) is 3.52. The summed E-state index contributed by atoms with van der Waals surface area (Å²) < 4.78 is 1.98. The van der Waals surface area contributed by atoms with Crippen molar-refractivity contribution >= 4 is 11.6 Å². The fourth-order valence-electron chi connectivity index (χ4n) is 2.22. The fraction of sp³-hybridized carbons (Fsp3) is 0.400. The van der Waals surface area contributed by atoms with Gasteiger partial charge in [0.05, 0.1) is 5.69 Å². The summed E-state index contributed by atoms with van der Waals surface area (Å²) in [6.07, 6.45) is 4.42. The van der Waals surface area contributed by atoms with E-state index in [2.05, 4.69) is 29.5 Å². The molecule has 1 aliphatic rings. The second-order valence-corrected chi connectivity index (χ2v) is 5.40. The Kier molecular flexibility index (Phi) is 3.58. The summed E-state index contributed by atoms with van der Waals surface area (Å²) in [6.45, 7) is 3.81. The van der Waals surface area contributed by atoms with Crippen molar-refractivity contribution in [3.63, 3.8) is 0 Å². The van der Waals surface area contributed by atoms with Crippen LogP contribution in [0.3, 0.4) is 0 Å². The number of rotatable bonds is 5. The predicted molar refractivity (Wildman–Crippen MR) is 78.2 cm³/mol. The lowest BCUT2D eigenvalue weighted by atomic mass is 10.1. The molecule has 100 valence electrons. The Balaban J connectivity index is 1.81. The van der Waals surface area contributed by atoms with Crippen LogP contribution < -0.4 is 5.32 Å². The lowest BCUT2D eigenvalue weighted by Crippen LogP contribution is -2.15. The molecule has 1 saturated carbocycles. The van der Waals surface area contributed by atoms with Gasteiger partial charge in [-0.25, -0.2) is 0 Å². The molecule has 0 atom stereocenters. The van der Waals surface area contributed by atoms with Gasteiger partial charge in [0.1, 0.15) is 0 Å². The van der Waals surface area contributed by atoms with E-state index in [-0.39, 0.29) is 0 Å². The Bertz CT molecular complexity index is 573. The third kappa shape index (κ3) is 2.82. The molecule has 3 rings (SSSR count). The van der Waals surface area contributed by atoms with Crippen LogP contribution in [0.5, 0.6) is 0 Å². The minimum atomic E-state index is 0.706. The predicted octanol–water partition coefficient (Wildman–Crippen LogP) is 3.48. The molecule has 1 aliphatic carbocycles. The smallest absolute Gasteiger partial charge is 0.0682 e. The van der Waals surface area contributed by atoms with Crippen molar-refractivity contribution in [1.29, 1.82) is 0 Å². The highest BCUT2D eigenvalue weighted by atomic mass is 35.5. The van der Waals surface area contributed by atoms with E-state index in [1.54, 1.807) is 0 Å². The van der Waals surface area contributed by atoms with E-state index >= 15 is 0 Å². The lowest BCUT2D eigenvalue weighted by molar-refractivity contribution is 0.667. The molecule has 0 amide bonds. The topological polar surface area (TPSA) is 29.9 Å². The number of nitrogens with one attached hydrogen (secondary N) is 1. The standard InChI is InChI=1S/C15H18ClN3/c1-2-19-15(7-8-18-19)11-3-4-12(14(16)9-11)10-17-13-5-6-13/h3-4,7-9,13,17H,2,5-6,10H2,1H3. The minimum absolute atomic E-state index is 0.706. The van der Waals surface area contributed by atoms with Gasteiger partial charge in [-0.3, -0.25) is 4.68 Å².